The second kappa shape index (κ2) is 11.0. The molecule has 2 aromatic carbocycles. The first kappa shape index (κ1) is 24.9. The molecule has 5 nitrogen and oxygen atoms in total. The molecule has 3 unspecified atom stereocenters. The van der Waals surface area contributed by atoms with Gasteiger partial charge in [0.25, 0.3) is 0 Å². The summed E-state index contributed by atoms with van der Waals surface area (Å²) in [5, 5.41) is 1.15. The van der Waals surface area contributed by atoms with Crippen LogP contribution < -0.4 is 9.47 Å². The molecule has 1 aromatic heterocycles. The number of nitrogens with zero attached hydrogens (tertiary/aromatic N) is 1. The molecular formula is C30H37NO4. The molecule has 186 valence electrons. The molecule has 3 atom stereocenters. The third kappa shape index (κ3) is 5.39. The SMILES string of the molecule is C=CC(=O)OC1CCC(Oc2ccc3cc(-c4ccc(CCCCC)cc4OC)n(C)c3c2)C1C. The molecule has 5 heteroatoms. The van der Waals surface area contributed by atoms with Gasteiger partial charge in [0.2, 0.25) is 0 Å². The van der Waals surface area contributed by atoms with Gasteiger partial charge >= 0.3 is 5.97 Å². The number of unbranched alkanes of at least 4 members (excludes halogenated alkanes) is 2. The number of rotatable bonds is 10. The lowest BCUT2D eigenvalue weighted by molar-refractivity contribution is -0.144. The Hall–Kier alpha value is -3.21. The molecule has 0 amide bonds. The fraction of sp³-hybridized carbons (Fsp3) is 0.433. The molecule has 0 bridgehead atoms. The predicted molar refractivity (Wildman–Crippen MR) is 141 cm³/mol. The van der Waals surface area contributed by atoms with Gasteiger partial charge in [-0.05, 0) is 61.6 Å². The number of fused-ring (bicyclic) bond motifs is 1. The molecule has 35 heavy (non-hydrogen) atoms. The van der Waals surface area contributed by atoms with Crippen LogP contribution in [0, 0.1) is 5.92 Å². The van der Waals surface area contributed by atoms with Crippen molar-refractivity contribution >= 4 is 16.9 Å². The minimum Gasteiger partial charge on any atom is -0.496 e. The maximum Gasteiger partial charge on any atom is 0.330 e. The molecule has 0 aliphatic heterocycles. The first-order chi connectivity index (χ1) is 16.9. The largest absolute Gasteiger partial charge is 0.496 e. The molecule has 4 rings (SSSR count). The number of hydrogen-bond donors (Lipinski definition) is 0. The summed E-state index contributed by atoms with van der Waals surface area (Å²) >= 11 is 0. The van der Waals surface area contributed by atoms with Gasteiger partial charge in [-0.3, -0.25) is 0 Å². The monoisotopic (exact) mass is 475 g/mol. The molecular weight excluding hydrogens is 438 g/mol. The zero-order valence-electron chi connectivity index (χ0n) is 21.4. The first-order valence-electron chi connectivity index (χ1n) is 12.7. The van der Waals surface area contributed by atoms with Gasteiger partial charge in [-0.25, -0.2) is 4.79 Å². The van der Waals surface area contributed by atoms with E-state index in [9.17, 15) is 4.79 Å². The fourth-order valence-corrected chi connectivity index (χ4v) is 5.12. The maximum absolute atomic E-state index is 11.6. The van der Waals surface area contributed by atoms with E-state index in [-0.39, 0.29) is 24.1 Å². The van der Waals surface area contributed by atoms with Crippen LogP contribution in [0.25, 0.3) is 22.2 Å². The minimum atomic E-state index is -0.371. The molecule has 0 radical (unpaired) electrons. The van der Waals surface area contributed by atoms with E-state index < -0.39 is 0 Å². The van der Waals surface area contributed by atoms with Gasteiger partial charge in [0.15, 0.2) is 0 Å². The molecule has 1 fully saturated rings. The molecule has 0 N–H and O–H groups in total. The highest BCUT2D eigenvalue weighted by atomic mass is 16.5. The van der Waals surface area contributed by atoms with E-state index in [1.54, 1.807) is 7.11 Å². The molecule has 1 aliphatic carbocycles. The average molecular weight is 476 g/mol. The van der Waals surface area contributed by atoms with Crippen LogP contribution in [0.4, 0.5) is 0 Å². The van der Waals surface area contributed by atoms with Crippen LogP contribution in [0.3, 0.4) is 0 Å². The smallest absolute Gasteiger partial charge is 0.330 e. The Bertz CT molecular complexity index is 1190. The average Bonchev–Trinajstić information content (AvgIpc) is 3.38. The Kier molecular flexibility index (Phi) is 7.84. The van der Waals surface area contributed by atoms with Crippen LogP contribution in [0.15, 0.2) is 55.1 Å². The summed E-state index contributed by atoms with van der Waals surface area (Å²) < 4.78 is 19.8. The van der Waals surface area contributed by atoms with Crippen molar-refractivity contribution in [2.45, 2.75) is 64.6 Å². The van der Waals surface area contributed by atoms with Gasteiger partial charge in [0, 0.05) is 36.1 Å². The summed E-state index contributed by atoms with van der Waals surface area (Å²) in [6.45, 7) is 7.80. The van der Waals surface area contributed by atoms with E-state index >= 15 is 0 Å². The lowest BCUT2D eigenvalue weighted by Gasteiger charge is -2.21. The van der Waals surface area contributed by atoms with E-state index in [1.165, 1.54) is 30.9 Å². The van der Waals surface area contributed by atoms with Crippen molar-refractivity contribution in [2.75, 3.05) is 7.11 Å². The minimum absolute atomic E-state index is 0.00940. The Morgan fingerprint density at radius 3 is 2.66 bits per heavy atom. The van der Waals surface area contributed by atoms with Crippen LogP contribution >= 0.6 is 0 Å². The number of hydrogen-bond acceptors (Lipinski definition) is 4. The number of aromatic nitrogens is 1. The lowest BCUT2D eigenvalue weighted by atomic mass is 10.0. The van der Waals surface area contributed by atoms with E-state index in [0.29, 0.717) is 0 Å². The third-order valence-corrected chi connectivity index (χ3v) is 7.26. The quantitative estimate of drug-likeness (QED) is 0.183. The van der Waals surface area contributed by atoms with Gasteiger partial charge in [0.1, 0.15) is 23.7 Å². The third-order valence-electron chi connectivity index (χ3n) is 7.26. The number of benzene rings is 2. The molecule has 1 aliphatic rings. The van der Waals surface area contributed by atoms with E-state index in [4.69, 9.17) is 14.2 Å². The summed E-state index contributed by atoms with van der Waals surface area (Å²) in [7, 11) is 3.82. The van der Waals surface area contributed by atoms with Crippen molar-refractivity contribution < 1.29 is 19.0 Å². The highest BCUT2D eigenvalue weighted by Gasteiger charge is 2.36. The standard InChI is InChI=1S/C30H37NO4/c1-6-8-9-10-21-11-14-24(29(17-21)33-5)26-18-22-12-13-23(19-25(22)31(26)4)34-27-15-16-28(20(27)3)35-30(32)7-2/h7,11-14,17-20,27-28H,2,6,8-10,15-16H2,1,3-5H3. The topological polar surface area (TPSA) is 49.7 Å². The second-order valence-corrected chi connectivity index (χ2v) is 9.57. The van der Waals surface area contributed by atoms with Gasteiger partial charge in [-0.2, -0.15) is 0 Å². The Balaban J connectivity index is 1.55. The van der Waals surface area contributed by atoms with Crippen molar-refractivity contribution in [3.63, 3.8) is 0 Å². The van der Waals surface area contributed by atoms with E-state index in [1.807, 2.05) is 6.07 Å². The summed E-state index contributed by atoms with van der Waals surface area (Å²) in [4.78, 5) is 11.6. The zero-order chi connectivity index (χ0) is 24.9. The van der Waals surface area contributed by atoms with Crippen LogP contribution in [0.1, 0.15) is 51.5 Å². The van der Waals surface area contributed by atoms with Gasteiger partial charge in [0.05, 0.1) is 18.3 Å². The number of aryl methyl sites for hydroxylation is 2. The van der Waals surface area contributed by atoms with Gasteiger partial charge in [-0.1, -0.05) is 39.3 Å². The van der Waals surface area contributed by atoms with Crippen LogP contribution in [0.2, 0.25) is 0 Å². The number of esters is 1. The number of carbonyl (C=O) groups is 1. The van der Waals surface area contributed by atoms with Crippen LogP contribution in [0.5, 0.6) is 11.5 Å². The molecule has 0 saturated heterocycles. The first-order valence-corrected chi connectivity index (χ1v) is 12.7. The van der Waals surface area contributed by atoms with E-state index in [0.717, 1.165) is 52.9 Å². The lowest BCUT2D eigenvalue weighted by Crippen LogP contribution is -2.27. The highest BCUT2D eigenvalue weighted by molar-refractivity contribution is 5.89. The number of methoxy groups -OCH3 is 1. The van der Waals surface area contributed by atoms with Gasteiger partial charge in [-0.15, -0.1) is 0 Å². The van der Waals surface area contributed by atoms with E-state index in [2.05, 4.69) is 68.4 Å². The van der Waals surface area contributed by atoms with Gasteiger partial charge < -0.3 is 18.8 Å². The van der Waals surface area contributed by atoms with Crippen molar-refractivity contribution in [3.05, 3.63) is 60.7 Å². The Morgan fingerprint density at radius 2 is 1.91 bits per heavy atom. The Morgan fingerprint density at radius 1 is 1.11 bits per heavy atom. The van der Waals surface area contributed by atoms with Crippen molar-refractivity contribution in [2.24, 2.45) is 13.0 Å². The summed E-state index contributed by atoms with van der Waals surface area (Å²) in [6.07, 6.45) is 7.50. The van der Waals surface area contributed by atoms with Crippen molar-refractivity contribution in [1.82, 2.24) is 4.57 Å². The fourth-order valence-electron chi connectivity index (χ4n) is 5.12. The van der Waals surface area contributed by atoms with Crippen LogP contribution in [-0.2, 0) is 23.0 Å². The normalized spacial score (nSPS) is 19.6. The summed E-state index contributed by atoms with van der Waals surface area (Å²) in [6, 6.07) is 15.0. The van der Waals surface area contributed by atoms with Crippen molar-refractivity contribution in [3.8, 4) is 22.8 Å². The van der Waals surface area contributed by atoms with Crippen LogP contribution in [-0.4, -0.2) is 29.9 Å². The molecule has 3 aromatic rings. The summed E-state index contributed by atoms with van der Waals surface area (Å²) in [5.74, 6) is 1.49. The molecule has 1 saturated carbocycles. The zero-order valence-corrected chi connectivity index (χ0v) is 21.4. The summed E-state index contributed by atoms with van der Waals surface area (Å²) in [5.41, 5.74) is 4.62. The highest BCUT2D eigenvalue weighted by Crippen LogP contribution is 2.37. The second-order valence-electron chi connectivity index (χ2n) is 9.57. The Labute approximate surface area is 208 Å². The molecule has 0 spiro atoms. The maximum atomic E-state index is 11.6. The van der Waals surface area contributed by atoms with Crippen molar-refractivity contribution in [1.29, 1.82) is 0 Å². The molecule has 1 heterocycles. The number of ether oxygens (including phenoxy) is 3. The predicted octanol–water partition coefficient (Wildman–Crippen LogP) is 6.86. The number of carbonyl (C=O) groups excluding carboxylic acids is 1.